The molecule has 1 atom stereocenters. The van der Waals surface area contributed by atoms with Crippen LogP contribution in [0.1, 0.15) is 19.8 Å². The number of aliphatic imine (C=N–C) groups is 1. The molecule has 4 nitrogen and oxygen atoms in total. The van der Waals surface area contributed by atoms with Crippen molar-refractivity contribution in [1.29, 1.82) is 0 Å². The second-order valence-electron chi connectivity index (χ2n) is 2.88. The lowest BCUT2D eigenvalue weighted by molar-refractivity contribution is -0.573. The van der Waals surface area contributed by atoms with Crippen molar-refractivity contribution < 1.29 is 5.32 Å². The third-order valence-electron chi connectivity index (χ3n) is 1.86. The summed E-state index contributed by atoms with van der Waals surface area (Å²) >= 11 is 2.12. The molecule has 0 bridgehead atoms. The van der Waals surface area contributed by atoms with E-state index in [1.807, 2.05) is 6.34 Å². The molecule has 0 saturated carbocycles. The maximum absolute atomic E-state index is 5.48. The topological polar surface area (TPSA) is 67.0 Å². The van der Waals surface area contributed by atoms with Gasteiger partial charge in [-0.2, -0.15) is 0 Å². The summed E-state index contributed by atoms with van der Waals surface area (Å²) in [5.41, 5.74) is 5.48. The number of nitrogens with one attached hydrogen (secondary N) is 1. The minimum atomic E-state index is 0.598. The number of rotatable bonds is 8. The van der Waals surface area contributed by atoms with Crippen LogP contribution in [-0.4, -0.2) is 32.0 Å². The van der Waals surface area contributed by atoms with Gasteiger partial charge in [0.25, 0.3) is 0 Å². The third kappa shape index (κ3) is 8.61. The molecule has 0 aromatic heterocycles. The Morgan fingerprint density at radius 2 is 2.46 bits per heavy atom. The van der Waals surface area contributed by atoms with Gasteiger partial charge in [-0.3, -0.25) is 3.53 Å². The van der Waals surface area contributed by atoms with Gasteiger partial charge in [0.05, 0.1) is 12.6 Å². The van der Waals surface area contributed by atoms with Crippen LogP contribution < -0.4 is 14.6 Å². The molecule has 0 fully saturated rings. The van der Waals surface area contributed by atoms with E-state index in [0.29, 0.717) is 6.04 Å². The van der Waals surface area contributed by atoms with Crippen molar-refractivity contribution in [1.82, 2.24) is 3.53 Å². The first-order valence-electron chi connectivity index (χ1n) is 4.72. The first-order valence-corrected chi connectivity index (χ1v) is 5.79. The lowest BCUT2D eigenvalue weighted by Gasteiger charge is -2.07. The van der Waals surface area contributed by atoms with E-state index in [9.17, 15) is 0 Å². The van der Waals surface area contributed by atoms with Crippen LogP contribution in [0, 0.1) is 0 Å². The fraction of sp³-hybridized carbons (Fsp3) is 0.875. The standard InChI is InChI=1S/C8H19IN4/c1-2-8(3-4-10)12-7-11-5-6-13-9/h7-8,13H,2-6,10H2,1H3,(H,11,12)/p+1. The van der Waals surface area contributed by atoms with E-state index in [2.05, 4.69) is 43.6 Å². The molecule has 0 heterocycles. The lowest BCUT2D eigenvalue weighted by Crippen LogP contribution is -2.88. The van der Waals surface area contributed by atoms with Gasteiger partial charge in [0, 0.05) is 35.8 Å². The fourth-order valence-corrected chi connectivity index (χ4v) is 1.26. The maximum atomic E-state index is 5.48. The van der Waals surface area contributed by atoms with Crippen molar-refractivity contribution in [2.24, 2.45) is 10.7 Å². The highest BCUT2D eigenvalue weighted by Gasteiger charge is 2.04. The zero-order valence-corrected chi connectivity index (χ0v) is 10.3. The van der Waals surface area contributed by atoms with E-state index in [1.165, 1.54) is 0 Å². The summed E-state index contributed by atoms with van der Waals surface area (Å²) in [6.45, 7) is 4.71. The highest BCUT2D eigenvalue weighted by atomic mass is 127. The van der Waals surface area contributed by atoms with Crippen LogP contribution in [0.4, 0.5) is 0 Å². The zero-order chi connectivity index (χ0) is 9.94. The van der Waals surface area contributed by atoms with Crippen molar-refractivity contribution in [3.05, 3.63) is 0 Å². The minimum Gasteiger partial charge on any atom is -0.330 e. The van der Waals surface area contributed by atoms with Gasteiger partial charge in [0.15, 0.2) is 6.34 Å². The molecule has 78 valence electrons. The molecule has 5 heteroatoms. The molecule has 0 aliphatic rings. The molecule has 0 spiro atoms. The molecule has 0 aliphatic carbocycles. The van der Waals surface area contributed by atoms with Crippen molar-refractivity contribution >= 4 is 29.2 Å². The van der Waals surface area contributed by atoms with Crippen LogP contribution >= 0.6 is 22.9 Å². The maximum Gasteiger partial charge on any atom is 0.182 e. The van der Waals surface area contributed by atoms with E-state index in [-0.39, 0.29) is 0 Å². The Morgan fingerprint density at radius 3 is 3.00 bits per heavy atom. The summed E-state index contributed by atoms with van der Waals surface area (Å²) in [7, 11) is 0. The van der Waals surface area contributed by atoms with Gasteiger partial charge in [-0.25, -0.2) is 4.99 Å². The highest BCUT2D eigenvalue weighted by Crippen LogP contribution is 1.87. The third-order valence-corrected chi connectivity index (χ3v) is 2.40. The van der Waals surface area contributed by atoms with Gasteiger partial charge < -0.3 is 11.1 Å². The smallest absolute Gasteiger partial charge is 0.182 e. The number of hydrogen-bond donors (Lipinski definition) is 3. The van der Waals surface area contributed by atoms with Gasteiger partial charge in [0.1, 0.15) is 0 Å². The van der Waals surface area contributed by atoms with Crippen LogP contribution in [0.3, 0.4) is 0 Å². The molecular weight excluding hydrogens is 279 g/mol. The van der Waals surface area contributed by atoms with E-state index in [1.54, 1.807) is 0 Å². The molecule has 0 aromatic rings. The molecule has 0 rings (SSSR count). The Bertz CT molecular complexity index is 129. The number of quaternary nitrogens is 1. The Labute approximate surface area is 94.2 Å². The molecule has 13 heavy (non-hydrogen) atoms. The normalized spacial score (nSPS) is 13.8. The average Bonchev–Trinajstić information content (AvgIpc) is 2.16. The molecule has 1 unspecified atom stereocenters. The van der Waals surface area contributed by atoms with Crippen LogP contribution in [0.25, 0.3) is 0 Å². The molecule has 0 amide bonds. The van der Waals surface area contributed by atoms with Gasteiger partial charge in [-0.1, -0.05) is 6.92 Å². The van der Waals surface area contributed by atoms with Crippen LogP contribution in [0.2, 0.25) is 0 Å². The van der Waals surface area contributed by atoms with Crippen LogP contribution in [0.15, 0.2) is 4.99 Å². The lowest BCUT2D eigenvalue weighted by atomic mass is 10.1. The van der Waals surface area contributed by atoms with Crippen molar-refractivity contribution in [2.45, 2.75) is 25.8 Å². The van der Waals surface area contributed by atoms with Crippen LogP contribution in [0.5, 0.6) is 0 Å². The summed E-state index contributed by atoms with van der Waals surface area (Å²) in [5.74, 6) is 0. The quantitative estimate of drug-likeness (QED) is 0.188. The Morgan fingerprint density at radius 1 is 1.69 bits per heavy atom. The van der Waals surface area contributed by atoms with Crippen LogP contribution in [-0.2, 0) is 0 Å². The van der Waals surface area contributed by atoms with E-state index in [0.717, 1.165) is 32.5 Å². The summed E-state index contributed by atoms with van der Waals surface area (Å²) in [6, 6.07) is 0.598. The van der Waals surface area contributed by atoms with E-state index < -0.39 is 0 Å². The number of nitrogens with two attached hydrogens (primary N) is 2. The number of halogens is 1. The number of nitrogens with zero attached hydrogens (tertiary/aromatic N) is 1. The van der Waals surface area contributed by atoms with Gasteiger partial charge in [0.2, 0.25) is 0 Å². The molecule has 0 radical (unpaired) electrons. The van der Waals surface area contributed by atoms with Gasteiger partial charge >= 0.3 is 0 Å². The van der Waals surface area contributed by atoms with E-state index in [4.69, 9.17) is 5.73 Å². The molecule has 0 aliphatic heterocycles. The first kappa shape index (κ1) is 13.3. The summed E-state index contributed by atoms with van der Waals surface area (Å²) < 4.78 is 3.02. The predicted molar refractivity (Wildman–Crippen MR) is 65.1 cm³/mol. The van der Waals surface area contributed by atoms with Gasteiger partial charge in [-0.05, 0) is 13.0 Å². The SMILES string of the molecule is CCC(CCN)[NH2+]C=NCCNI. The monoisotopic (exact) mass is 299 g/mol. The van der Waals surface area contributed by atoms with Gasteiger partial charge in [-0.15, -0.1) is 0 Å². The highest BCUT2D eigenvalue weighted by molar-refractivity contribution is 14.1. The van der Waals surface area contributed by atoms with Crippen molar-refractivity contribution in [3.63, 3.8) is 0 Å². The second-order valence-corrected chi connectivity index (χ2v) is 3.64. The molecule has 0 saturated heterocycles. The summed E-state index contributed by atoms with van der Waals surface area (Å²) in [6.07, 6.45) is 4.12. The molecular formula is C8H20IN4+. The van der Waals surface area contributed by atoms with Crippen molar-refractivity contribution in [3.8, 4) is 0 Å². The summed E-state index contributed by atoms with van der Waals surface area (Å²) in [4.78, 5) is 4.24. The largest absolute Gasteiger partial charge is 0.330 e. The first-order chi connectivity index (χ1) is 6.35. The molecule has 0 aromatic carbocycles. The Hall–Kier alpha value is 0.280. The summed E-state index contributed by atoms with van der Waals surface area (Å²) in [5, 5.41) is 2.15. The minimum absolute atomic E-state index is 0.598. The Kier molecular flexibility index (Phi) is 10.6. The Balaban J connectivity index is 3.40. The zero-order valence-electron chi connectivity index (χ0n) is 8.17. The average molecular weight is 299 g/mol. The van der Waals surface area contributed by atoms with E-state index >= 15 is 0 Å². The molecule has 5 N–H and O–H groups in total. The predicted octanol–water partition coefficient (Wildman–Crippen LogP) is -0.355. The van der Waals surface area contributed by atoms with Crippen molar-refractivity contribution in [2.75, 3.05) is 19.6 Å². The fourth-order valence-electron chi connectivity index (χ4n) is 1.01. The number of hydrogen-bond acceptors (Lipinski definition) is 3. The second kappa shape index (κ2) is 10.4.